The Morgan fingerprint density at radius 1 is 1.20 bits per heavy atom. The molecule has 10 heteroatoms. The minimum Gasteiger partial charge on any atom is -0.360 e. The Morgan fingerprint density at radius 3 is 2.20 bits per heavy atom. The summed E-state index contributed by atoms with van der Waals surface area (Å²) in [7, 11) is -7.64. The van der Waals surface area contributed by atoms with Crippen molar-refractivity contribution in [3.63, 3.8) is 0 Å². The van der Waals surface area contributed by atoms with Gasteiger partial charge >= 0.3 is 10.1 Å². The van der Waals surface area contributed by atoms with Crippen molar-refractivity contribution in [1.29, 1.82) is 0 Å². The minimum atomic E-state index is -3.88. The predicted molar refractivity (Wildman–Crippen MR) is 76.6 cm³/mol. The fourth-order valence-corrected chi connectivity index (χ4v) is 4.19. The molecular weight excluding hydrogens is 349 g/mol. The van der Waals surface area contributed by atoms with E-state index in [0.717, 1.165) is 12.3 Å². The molecule has 0 saturated carbocycles. The SMILES string of the molecule is CC(C)CS(=O)(=O)c1nc(OS(C)(=O)=O)c(Cl)cc1Cl. The van der Waals surface area contributed by atoms with Crippen LogP contribution in [-0.2, 0) is 20.0 Å². The number of rotatable bonds is 5. The van der Waals surface area contributed by atoms with Gasteiger partial charge in [0.15, 0.2) is 14.9 Å². The van der Waals surface area contributed by atoms with Gasteiger partial charge in [-0.3, -0.25) is 0 Å². The summed E-state index contributed by atoms with van der Waals surface area (Å²) in [4.78, 5) is 3.63. The van der Waals surface area contributed by atoms with Gasteiger partial charge in [-0.1, -0.05) is 37.0 Å². The third-order valence-corrected chi connectivity index (χ3v) is 5.08. The molecule has 1 rings (SSSR count). The first-order valence-electron chi connectivity index (χ1n) is 5.40. The van der Waals surface area contributed by atoms with Crippen LogP contribution in [0.3, 0.4) is 0 Å². The fourth-order valence-electron chi connectivity index (χ4n) is 1.37. The molecule has 0 radical (unpaired) electrons. The molecule has 1 aromatic heterocycles. The summed E-state index contributed by atoms with van der Waals surface area (Å²) >= 11 is 11.5. The van der Waals surface area contributed by atoms with E-state index in [2.05, 4.69) is 9.17 Å². The molecule has 6 nitrogen and oxygen atoms in total. The third kappa shape index (κ3) is 4.76. The van der Waals surface area contributed by atoms with Gasteiger partial charge in [-0.2, -0.15) is 13.4 Å². The van der Waals surface area contributed by atoms with Crippen LogP contribution in [0.4, 0.5) is 0 Å². The smallest absolute Gasteiger partial charge is 0.307 e. The molecule has 0 spiro atoms. The lowest BCUT2D eigenvalue weighted by molar-refractivity contribution is 0.478. The van der Waals surface area contributed by atoms with Crippen LogP contribution in [0.5, 0.6) is 5.88 Å². The molecule has 0 atom stereocenters. The van der Waals surface area contributed by atoms with Crippen LogP contribution in [0.2, 0.25) is 10.0 Å². The van der Waals surface area contributed by atoms with Crippen molar-refractivity contribution in [2.24, 2.45) is 5.92 Å². The van der Waals surface area contributed by atoms with Crippen LogP contribution >= 0.6 is 23.2 Å². The van der Waals surface area contributed by atoms with Crippen LogP contribution in [0.1, 0.15) is 13.8 Å². The Morgan fingerprint density at radius 2 is 1.75 bits per heavy atom. The molecule has 0 unspecified atom stereocenters. The number of sulfone groups is 1. The average Bonchev–Trinajstić information content (AvgIpc) is 2.17. The Labute approximate surface area is 128 Å². The van der Waals surface area contributed by atoms with Gasteiger partial charge in [-0.05, 0) is 12.0 Å². The summed E-state index contributed by atoms with van der Waals surface area (Å²) < 4.78 is 50.9. The highest BCUT2D eigenvalue weighted by molar-refractivity contribution is 7.91. The molecule has 114 valence electrons. The van der Waals surface area contributed by atoms with Crippen LogP contribution in [-0.4, -0.2) is 33.8 Å². The maximum atomic E-state index is 12.1. The molecule has 0 aliphatic rings. The molecule has 20 heavy (non-hydrogen) atoms. The molecule has 0 aliphatic heterocycles. The lowest BCUT2D eigenvalue weighted by Crippen LogP contribution is -2.15. The zero-order valence-electron chi connectivity index (χ0n) is 10.9. The summed E-state index contributed by atoms with van der Waals surface area (Å²) in [5, 5.41) is -0.823. The summed E-state index contributed by atoms with van der Waals surface area (Å²) in [6, 6.07) is 1.09. The standard InChI is InChI=1S/C10H13Cl2NO5S2/c1-6(2)5-20(16,17)10-8(12)4-7(11)9(13-10)18-19(3,14)15/h4,6H,5H2,1-3H3. The van der Waals surface area contributed by atoms with E-state index >= 15 is 0 Å². The molecule has 0 aromatic carbocycles. The Bertz CT molecular complexity index is 713. The number of hydrogen-bond donors (Lipinski definition) is 0. The maximum absolute atomic E-state index is 12.1. The average molecular weight is 362 g/mol. The summed E-state index contributed by atoms with van der Waals surface area (Å²) in [5.74, 6) is -0.839. The van der Waals surface area contributed by atoms with E-state index in [0.29, 0.717) is 0 Å². The second-order valence-electron chi connectivity index (χ2n) is 4.53. The minimum absolute atomic E-state index is 0.146. The number of aromatic nitrogens is 1. The van der Waals surface area contributed by atoms with E-state index in [1.807, 2.05) is 0 Å². The number of hydrogen-bond acceptors (Lipinski definition) is 6. The highest BCUT2D eigenvalue weighted by Crippen LogP contribution is 2.31. The van der Waals surface area contributed by atoms with Crippen molar-refractivity contribution in [2.75, 3.05) is 12.0 Å². The Hall–Kier alpha value is -0.570. The van der Waals surface area contributed by atoms with Gasteiger partial charge in [0.25, 0.3) is 5.88 Å². The van der Waals surface area contributed by atoms with Crippen LogP contribution < -0.4 is 4.18 Å². The predicted octanol–water partition coefficient (Wildman–Crippen LogP) is 2.16. The Balaban J connectivity index is 3.39. The molecule has 0 saturated heterocycles. The topological polar surface area (TPSA) is 90.4 Å². The number of pyridine rings is 1. The van der Waals surface area contributed by atoms with E-state index in [9.17, 15) is 16.8 Å². The highest BCUT2D eigenvalue weighted by Gasteiger charge is 2.25. The van der Waals surface area contributed by atoms with Crippen molar-refractivity contribution >= 4 is 43.2 Å². The van der Waals surface area contributed by atoms with Gasteiger partial charge in [0.2, 0.25) is 0 Å². The van der Waals surface area contributed by atoms with Crippen LogP contribution in [0.15, 0.2) is 11.1 Å². The van der Waals surface area contributed by atoms with E-state index in [1.54, 1.807) is 13.8 Å². The fraction of sp³-hybridized carbons (Fsp3) is 0.500. The third-order valence-electron chi connectivity index (χ3n) is 1.94. The molecular formula is C10H13Cl2NO5S2. The van der Waals surface area contributed by atoms with Gasteiger partial charge in [0, 0.05) is 0 Å². The molecule has 0 fully saturated rings. The normalized spacial score (nSPS) is 12.7. The summed E-state index contributed by atoms with van der Waals surface area (Å²) in [6.07, 6.45) is 0.794. The van der Waals surface area contributed by atoms with Gasteiger partial charge in [0.1, 0.15) is 5.02 Å². The van der Waals surface area contributed by atoms with E-state index in [1.165, 1.54) is 0 Å². The van der Waals surface area contributed by atoms with Gasteiger partial charge in [-0.25, -0.2) is 8.42 Å². The number of halogens is 2. The van der Waals surface area contributed by atoms with Crippen LogP contribution in [0.25, 0.3) is 0 Å². The summed E-state index contributed by atoms with van der Waals surface area (Å²) in [5.41, 5.74) is 0. The zero-order chi connectivity index (χ0) is 15.7. The first-order chi connectivity index (χ1) is 8.92. The Kier molecular flexibility index (Phi) is 5.29. The number of nitrogens with zero attached hydrogens (tertiary/aromatic N) is 1. The largest absolute Gasteiger partial charge is 0.360 e. The second-order valence-corrected chi connectivity index (χ2v) is 8.86. The maximum Gasteiger partial charge on any atom is 0.307 e. The lowest BCUT2D eigenvalue weighted by Gasteiger charge is -2.10. The van der Waals surface area contributed by atoms with Gasteiger partial charge in [-0.15, -0.1) is 0 Å². The van der Waals surface area contributed by atoms with Crippen molar-refractivity contribution in [2.45, 2.75) is 18.9 Å². The monoisotopic (exact) mass is 361 g/mol. The second kappa shape index (κ2) is 6.05. The van der Waals surface area contributed by atoms with Gasteiger partial charge in [0.05, 0.1) is 17.0 Å². The zero-order valence-corrected chi connectivity index (χ0v) is 14.1. The van der Waals surface area contributed by atoms with E-state index in [4.69, 9.17) is 23.2 Å². The molecule has 1 heterocycles. The molecule has 0 bridgehead atoms. The first kappa shape index (κ1) is 17.5. The quantitative estimate of drug-likeness (QED) is 0.746. The van der Waals surface area contributed by atoms with E-state index < -0.39 is 30.9 Å². The van der Waals surface area contributed by atoms with Crippen molar-refractivity contribution < 1.29 is 21.0 Å². The molecule has 0 amide bonds. The van der Waals surface area contributed by atoms with Crippen molar-refractivity contribution in [1.82, 2.24) is 4.98 Å². The molecule has 0 N–H and O–H groups in total. The highest BCUT2D eigenvalue weighted by atomic mass is 35.5. The first-order valence-corrected chi connectivity index (χ1v) is 9.63. The van der Waals surface area contributed by atoms with Gasteiger partial charge < -0.3 is 4.18 Å². The molecule has 0 aliphatic carbocycles. The molecule has 1 aromatic rings. The van der Waals surface area contributed by atoms with Crippen molar-refractivity contribution in [3.8, 4) is 5.88 Å². The van der Waals surface area contributed by atoms with E-state index in [-0.39, 0.29) is 21.7 Å². The summed E-state index contributed by atoms with van der Waals surface area (Å²) in [6.45, 7) is 3.44. The van der Waals surface area contributed by atoms with Crippen molar-refractivity contribution in [3.05, 3.63) is 16.1 Å². The van der Waals surface area contributed by atoms with Crippen LogP contribution in [0, 0.1) is 5.92 Å². The lowest BCUT2D eigenvalue weighted by atomic mass is 10.3.